The minimum absolute atomic E-state index is 0.500. The maximum atomic E-state index is 11.7. The fourth-order valence-electron chi connectivity index (χ4n) is 2.94. The zero-order valence-corrected chi connectivity index (χ0v) is 13.5. The van der Waals surface area contributed by atoms with Crippen molar-refractivity contribution in [3.05, 3.63) is 65.7 Å². The van der Waals surface area contributed by atoms with Gasteiger partial charge in [0.25, 0.3) is 0 Å². The normalized spacial score (nSPS) is 16.5. The first-order valence-corrected chi connectivity index (χ1v) is 8.18. The molecule has 1 atom stereocenters. The highest BCUT2D eigenvalue weighted by molar-refractivity contribution is 5.75. The molecule has 0 aromatic heterocycles. The van der Waals surface area contributed by atoms with E-state index in [9.17, 15) is 9.90 Å². The van der Waals surface area contributed by atoms with Crippen molar-refractivity contribution in [2.24, 2.45) is 0 Å². The number of aliphatic carboxylic acids is 1. The Morgan fingerprint density at radius 3 is 2.38 bits per heavy atom. The van der Waals surface area contributed by atoms with E-state index in [-0.39, 0.29) is 0 Å². The van der Waals surface area contributed by atoms with Gasteiger partial charge in [-0.1, -0.05) is 42.5 Å². The van der Waals surface area contributed by atoms with Gasteiger partial charge in [0.15, 0.2) is 0 Å². The highest BCUT2D eigenvalue weighted by Gasteiger charge is 2.28. The number of hydrogen-bond acceptors (Lipinski definition) is 4. The Labute approximate surface area is 141 Å². The van der Waals surface area contributed by atoms with Crippen molar-refractivity contribution in [2.45, 2.75) is 12.6 Å². The van der Waals surface area contributed by atoms with Gasteiger partial charge in [-0.15, -0.1) is 0 Å². The second kappa shape index (κ2) is 7.95. The second-order valence-electron chi connectivity index (χ2n) is 5.87. The van der Waals surface area contributed by atoms with Crippen LogP contribution in [-0.4, -0.2) is 42.2 Å². The van der Waals surface area contributed by atoms with Gasteiger partial charge in [0.2, 0.25) is 0 Å². The van der Waals surface area contributed by atoms with E-state index >= 15 is 0 Å². The number of nitrogens with one attached hydrogen (secondary N) is 1. The molecule has 0 radical (unpaired) electrons. The molecular weight excluding hydrogens is 304 g/mol. The lowest BCUT2D eigenvalue weighted by molar-refractivity contribution is -0.143. The van der Waals surface area contributed by atoms with E-state index in [2.05, 4.69) is 5.32 Å². The Balaban J connectivity index is 1.66. The quantitative estimate of drug-likeness (QED) is 0.853. The molecule has 0 bridgehead atoms. The Morgan fingerprint density at radius 1 is 1.08 bits per heavy atom. The van der Waals surface area contributed by atoms with Crippen molar-refractivity contribution in [2.75, 3.05) is 26.2 Å². The van der Waals surface area contributed by atoms with Crippen LogP contribution in [0.4, 0.5) is 0 Å². The first-order chi connectivity index (χ1) is 11.7. The maximum absolute atomic E-state index is 11.7. The molecule has 126 valence electrons. The smallest absolute Gasteiger partial charge is 0.325 e. The predicted molar refractivity (Wildman–Crippen MR) is 92.0 cm³/mol. The van der Waals surface area contributed by atoms with E-state index in [0.29, 0.717) is 6.61 Å². The van der Waals surface area contributed by atoms with E-state index < -0.39 is 12.0 Å². The molecule has 1 saturated heterocycles. The summed E-state index contributed by atoms with van der Waals surface area (Å²) in [4.78, 5) is 13.7. The van der Waals surface area contributed by atoms with Crippen LogP contribution in [0.25, 0.3) is 0 Å². The number of ether oxygens (including phenoxy) is 1. The fourth-order valence-corrected chi connectivity index (χ4v) is 2.94. The zero-order valence-electron chi connectivity index (χ0n) is 13.5. The molecule has 1 aliphatic rings. The van der Waals surface area contributed by atoms with Gasteiger partial charge in [-0.25, -0.2) is 0 Å². The monoisotopic (exact) mass is 326 g/mol. The second-order valence-corrected chi connectivity index (χ2v) is 5.87. The number of carboxylic acids is 1. The Kier molecular flexibility index (Phi) is 5.46. The molecule has 0 spiro atoms. The summed E-state index contributed by atoms with van der Waals surface area (Å²) >= 11 is 0. The van der Waals surface area contributed by atoms with Crippen molar-refractivity contribution < 1.29 is 14.6 Å². The molecule has 0 aliphatic carbocycles. The molecule has 3 rings (SSSR count). The minimum Gasteiger partial charge on any atom is -0.489 e. The number of rotatable bonds is 6. The highest BCUT2D eigenvalue weighted by Crippen LogP contribution is 2.24. The summed E-state index contributed by atoms with van der Waals surface area (Å²) in [5.41, 5.74) is 1.89. The molecule has 1 unspecified atom stereocenters. The van der Waals surface area contributed by atoms with Gasteiger partial charge >= 0.3 is 5.97 Å². The molecule has 2 aromatic rings. The number of nitrogens with zero attached hydrogens (tertiary/aromatic N) is 1. The molecule has 2 aromatic carbocycles. The number of carbonyl (C=O) groups is 1. The van der Waals surface area contributed by atoms with Gasteiger partial charge in [-0.3, -0.25) is 9.69 Å². The van der Waals surface area contributed by atoms with E-state index in [1.165, 1.54) is 0 Å². The molecule has 0 saturated carbocycles. The molecular formula is C19H22N2O3. The van der Waals surface area contributed by atoms with Gasteiger partial charge in [-0.2, -0.15) is 0 Å². The topological polar surface area (TPSA) is 61.8 Å². The molecule has 5 heteroatoms. The van der Waals surface area contributed by atoms with Crippen LogP contribution in [0.15, 0.2) is 54.6 Å². The van der Waals surface area contributed by atoms with Crippen molar-refractivity contribution in [1.29, 1.82) is 0 Å². The van der Waals surface area contributed by atoms with Crippen molar-refractivity contribution >= 4 is 5.97 Å². The van der Waals surface area contributed by atoms with E-state index in [0.717, 1.165) is 43.1 Å². The fraction of sp³-hybridized carbons (Fsp3) is 0.316. The van der Waals surface area contributed by atoms with Crippen molar-refractivity contribution in [1.82, 2.24) is 10.2 Å². The van der Waals surface area contributed by atoms with Crippen LogP contribution in [0.1, 0.15) is 17.2 Å². The molecule has 0 amide bonds. The average Bonchev–Trinajstić information content (AvgIpc) is 2.63. The van der Waals surface area contributed by atoms with E-state index in [4.69, 9.17) is 4.74 Å². The third-order valence-electron chi connectivity index (χ3n) is 4.19. The first-order valence-electron chi connectivity index (χ1n) is 8.18. The molecule has 1 heterocycles. The number of hydrogen-bond donors (Lipinski definition) is 2. The number of carboxylic acid groups (broad SMARTS) is 1. The lowest BCUT2D eigenvalue weighted by Crippen LogP contribution is -2.47. The van der Waals surface area contributed by atoms with Crippen LogP contribution in [0.2, 0.25) is 0 Å². The van der Waals surface area contributed by atoms with E-state index in [1.807, 2.05) is 59.5 Å². The molecule has 5 nitrogen and oxygen atoms in total. The van der Waals surface area contributed by atoms with Gasteiger partial charge in [0.1, 0.15) is 18.4 Å². The van der Waals surface area contributed by atoms with Gasteiger partial charge in [-0.05, 0) is 23.3 Å². The van der Waals surface area contributed by atoms with Crippen LogP contribution in [0, 0.1) is 0 Å². The summed E-state index contributed by atoms with van der Waals surface area (Å²) in [6, 6.07) is 16.7. The summed E-state index contributed by atoms with van der Waals surface area (Å²) in [6.45, 7) is 3.62. The lowest BCUT2D eigenvalue weighted by Gasteiger charge is -2.32. The number of piperazine rings is 1. The lowest BCUT2D eigenvalue weighted by atomic mass is 10.0. The third-order valence-corrected chi connectivity index (χ3v) is 4.19. The molecule has 24 heavy (non-hydrogen) atoms. The standard InChI is InChI=1S/C19H22N2O3/c22-19(23)18(21-12-10-20-11-13-21)16-6-8-17(9-7-16)24-14-15-4-2-1-3-5-15/h1-9,18,20H,10-14H2,(H,22,23). The summed E-state index contributed by atoms with van der Waals surface area (Å²) in [7, 11) is 0. The average molecular weight is 326 g/mol. The van der Waals surface area contributed by atoms with E-state index in [1.54, 1.807) is 0 Å². The highest BCUT2D eigenvalue weighted by atomic mass is 16.5. The summed E-state index contributed by atoms with van der Waals surface area (Å²) < 4.78 is 5.76. The Hall–Kier alpha value is -2.37. The molecule has 1 aliphatic heterocycles. The largest absolute Gasteiger partial charge is 0.489 e. The van der Waals surface area contributed by atoms with Gasteiger partial charge < -0.3 is 15.2 Å². The number of benzene rings is 2. The zero-order chi connectivity index (χ0) is 16.8. The summed E-state index contributed by atoms with van der Waals surface area (Å²) in [5, 5.41) is 12.9. The van der Waals surface area contributed by atoms with Crippen LogP contribution in [0.5, 0.6) is 5.75 Å². The summed E-state index contributed by atoms with van der Waals surface area (Å²) in [6.07, 6.45) is 0. The van der Waals surface area contributed by atoms with Crippen molar-refractivity contribution in [3.8, 4) is 5.75 Å². The SMILES string of the molecule is O=C(O)C(c1ccc(OCc2ccccc2)cc1)N1CCNCC1. The third kappa shape index (κ3) is 4.13. The van der Waals surface area contributed by atoms with Crippen LogP contribution in [0.3, 0.4) is 0 Å². The maximum Gasteiger partial charge on any atom is 0.325 e. The van der Waals surface area contributed by atoms with Gasteiger partial charge in [0, 0.05) is 26.2 Å². The first kappa shape index (κ1) is 16.5. The van der Waals surface area contributed by atoms with Crippen LogP contribution in [-0.2, 0) is 11.4 Å². The predicted octanol–water partition coefficient (Wildman–Crippen LogP) is 2.30. The molecule has 2 N–H and O–H groups in total. The van der Waals surface area contributed by atoms with Crippen LogP contribution < -0.4 is 10.1 Å². The van der Waals surface area contributed by atoms with Crippen LogP contribution >= 0.6 is 0 Å². The molecule has 1 fully saturated rings. The Morgan fingerprint density at radius 2 is 1.75 bits per heavy atom. The Bertz CT molecular complexity index is 652. The minimum atomic E-state index is -0.810. The van der Waals surface area contributed by atoms with Crippen molar-refractivity contribution in [3.63, 3.8) is 0 Å². The van der Waals surface area contributed by atoms with Gasteiger partial charge in [0.05, 0.1) is 0 Å². The summed E-state index contributed by atoms with van der Waals surface area (Å²) in [5.74, 6) is -0.0677.